The molecule has 0 bridgehead atoms. The highest BCUT2D eigenvalue weighted by atomic mass is 16.2. The lowest BCUT2D eigenvalue weighted by atomic mass is 10.1. The minimum absolute atomic E-state index is 0.198. The molecular formula is C24H24N2O2. The predicted octanol–water partition coefficient (Wildman–Crippen LogP) is 5.32. The molecule has 0 saturated carbocycles. The van der Waals surface area contributed by atoms with Crippen molar-refractivity contribution in [3.63, 3.8) is 0 Å². The molecule has 4 nitrogen and oxygen atoms in total. The molecule has 0 saturated heterocycles. The van der Waals surface area contributed by atoms with E-state index in [1.54, 1.807) is 24.3 Å². The highest BCUT2D eigenvalue weighted by molar-refractivity contribution is 6.07. The highest BCUT2D eigenvalue weighted by Crippen LogP contribution is 2.15. The Morgan fingerprint density at radius 1 is 0.643 bits per heavy atom. The summed E-state index contributed by atoms with van der Waals surface area (Å²) in [4.78, 5) is 24.9. The van der Waals surface area contributed by atoms with E-state index in [0.717, 1.165) is 35.3 Å². The molecule has 28 heavy (non-hydrogen) atoms. The van der Waals surface area contributed by atoms with Gasteiger partial charge in [-0.05, 0) is 72.5 Å². The van der Waals surface area contributed by atoms with Crippen LogP contribution in [0.15, 0.2) is 72.8 Å². The summed E-state index contributed by atoms with van der Waals surface area (Å²) in [7, 11) is 0. The number of aryl methyl sites for hydroxylation is 2. The Hall–Kier alpha value is -3.40. The SMILES string of the molecule is CCc1cccc(NC(=O)c2ccc(C(=O)Nc3cccc(CC)c3)cc2)c1. The van der Waals surface area contributed by atoms with Crippen molar-refractivity contribution in [1.29, 1.82) is 0 Å². The standard InChI is InChI=1S/C24H24N2O2/c1-3-17-7-5-9-21(15-17)25-23(27)19-11-13-20(14-12-19)24(28)26-22-10-6-8-18(4-2)16-22/h5-16H,3-4H2,1-2H3,(H,25,27)(H,26,28). The van der Waals surface area contributed by atoms with Gasteiger partial charge in [0, 0.05) is 22.5 Å². The molecule has 142 valence electrons. The zero-order valence-electron chi connectivity index (χ0n) is 16.2. The molecule has 0 aliphatic heterocycles. The van der Waals surface area contributed by atoms with E-state index in [2.05, 4.69) is 24.5 Å². The number of anilines is 2. The number of hydrogen-bond acceptors (Lipinski definition) is 2. The molecule has 0 spiro atoms. The van der Waals surface area contributed by atoms with Crippen LogP contribution in [0, 0.1) is 0 Å². The quantitative estimate of drug-likeness (QED) is 0.615. The topological polar surface area (TPSA) is 58.2 Å². The van der Waals surface area contributed by atoms with Crippen molar-refractivity contribution in [1.82, 2.24) is 0 Å². The summed E-state index contributed by atoms with van der Waals surface area (Å²) in [5, 5.41) is 5.79. The number of benzene rings is 3. The molecule has 3 aromatic rings. The van der Waals surface area contributed by atoms with Crippen molar-refractivity contribution >= 4 is 23.2 Å². The van der Waals surface area contributed by atoms with Gasteiger partial charge >= 0.3 is 0 Å². The second-order valence-electron chi connectivity index (χ2n) is 6.59. The molecule has 3 rings (SSSR count). The van der Waals surface area contributed by atoms with Crippen LogP contribution in [-0.4, -0.2) is 11.8 Å². The zero-order chi connectivity index (χ0) is 19.9. The van der Waals surface area contributed by atoms with Crippen molar-refractivity contribution in [2.75, 3.05) is 10.6 Å². The van der Waals surface area contributed by atoms with Crippen LogP contribution >= 0.6 is 0 Å². The van der Waals surface area contributed by atoms with Gasteiger partial charge in [0.25, 0.3) is 11.8 Å². The van der Waals surface area contributed by atoms with E-state index in [0.29, 0.717) is 11.1 Å². The lowest BCUT2D eigenvalue weighted by molar-refractivity contribution is 0.101. The molecule has 0 aliphatic rings. The van der Waals surface area contributed by atoms with Crippen LogP contribution in [0.5, 0.6) is 0 Å². The van der Waals surface area contributed by atoms with Crippen molar-refractivity contribution in [3.05, 3.63) is 95.1 Å². The number of amides is 2. The molecule has 0 radical (unpaired) electrons. The fourth-order valence-corrected chi connectivity index (χ4v) is 2.92. The summed E-state index contributed by atoms with van der Waals surface area (Å²) in [6, 6.07) is 22.2. The maximum absolute atomic E-state index is 12.4. The molecule has 2 N–H and O–H groups in total. The first-order valence-electron chi connectivity index (χ1n) is 9.49. The molecular weight excluding hydrogens is 348 g/mol. The van der Waals surface area contributed by atoms with E-state index in [4.69, 9.17) is 0 Å². The van der Waals surface area contributed by atoms with Crippen molar-refractivity contribution in [3.8, 4) is 0 Å². The number of carbonyl (C=O) groups excluding carboxylic acids is 2. The van der Waals surface area contributed by atoms with E-state index in [1.165, 1.54) is 0 Å². The van der Waals surface area contributed by atoms with Gasteiger partial charge in [-0.25, -0.2) is 0 Å². The molecule has 0 aliphatic carbocycles. The summed E-state index contributed by atoms with van der Waals surface area (Å²) < 4.78 is 0. The largest absolute Gasteiger partial charge is 0.322 e. The minimum Gasteiger partial charge on any atom is -0.322 e. The second-order valence-corrected chi connectivity index (χ2v) is 6.59. The first kappa shape index (κ1) is 19.4. The van der Waals surface area contributed by atoms with Gasteiger partial charge in [-0.1, -0.05) is 38.1 Å². The molecule has 0 fully saturated rings. The van der Waals surface area contributed by atoms with Crippen LogP contribution in [0.1, 0.15) is 45.7 Å². The maximum atomic E-state index is 12.4. The number of rotatable bonds is 6. The minimum atomic E-state index is -0.198. The molecule has 3 aromatic carbocycles. The Kier molecular flexibility index (Phi) is 6.22. The van der Waals surface area contributed by atoms with Gasteiger partial charge in [0.1, 0.15) is 0 Å². The zero-order valence-corrected chi connectivity index (χ0v) is 16.2. The summed E-state index contributed by atoms with van der Waals surface area (Å²) >= 11 is 0. The average Bonchev–Trinajstić information content (AvgIpc) is 2.74. The summed E-state index contributed by atoms with van der Waals surface area (Å²) in [6.45, 7) is 4.15. The average molecular weight is 372 g/mol. The third kappa shape index (κ3) is 4.86. The lowest BCUT2D eigenvalue weighted by Gasteiger charge is -2.09. The van der Waals surface area contributed by atoms with Gasteiger partial charge in [0.05, 0.1) is 0 Å². The van der Waals surface area contributed by atoms with E-state index in [9.17, 15) is 9.59 Å². The van der Waals surface area contributed by atoms with Crippen molar-refractivity contribution in [2.24, 2.45) is 0 Å². The first-order valence-corrected chi connectivity index (χ1v) is 9.49. The number of carbonyl (C=O) groups is 2. The molecule has 0 aromatic heterocycles. The molecule has 4 heteroatoms. The highest BCUT2D eigenvalue weighted by Gasteiger charge is 2.10. The van der Waals surface area contributed by atoms with Crippen LogP contribution < -0.4 is 10.6 Å². The van der Waals surface area contributed by atoms with Crippen LogP contribution in [0.4, 0.5) is 11.4 Å². The first-order chi connectivity index (χ1) is 13.6. The molecule has 0 atom stereocenters. The van der Waals surface area contributed by atoms with Crippen LogP contribution in [0.3, 0.4) is 0 Å². The van der Waals surface area contributed by atoms with Gasteiger partial charge in [0.15, 0.2) is 0 Å². The lowest BCUT2D eigenvalue weighted by Crippen LogP contribution is -2.14. The Balaban J connectivity index is 1.66. The monoisotopic (exact) mass is 372 g/mol. The third-order valence-corrected chi connectivity index (χ3v) is 4.60. The van der Waals surface area contributed by atoms with E-state index in [1.807, 2.05) is 48.5 Å². The normalized spacial score (nSPS) is 10.4. The fourth-order valence-electron chi connectivity index (χ4n) is 2.92. The van der Waals surface area contributed by atoms with Crippen LogP contribution in [0.2, 0.25) is 0 Å². The van der Waals surface area contributed by atoms with E-state index >= 15 is 0 Å². The predicted molar refractivity (Wildman–Crippen MR) is 114 cm³/mol. The van der Waals surface area contributed by atoms with Gasteiger partial charge in [0.2, 0.25) is 0 Å². The van der Waals surface area contributed by atoms with Gasteiger partial charge < -0.3 is 10.6 Å². The molecule has 0 unspecified atom stereocenters. The fraction of sp³-hybridized carbons (Fsp3) is 0.167. The van der Waals surface area contributed by atoms with Crippen LogP contribution in [0.25, 0.3) is 0 Å². The Morgan fingerprint density at radius 3 is 1.39 bits per heavy atom. The Labute approximate surface area is 165 Å². The number of hydrogen-bond donors (Lipinski definition) is 2. The second kappa shape index (κ2) is 9.00. The molecule has 0 heterocycles. The van der Waals surface area contributed by atoms with Crippen molar-refractivity contribution in [2.45, 2.75) is 26.7 Å². The molecule has 2 amide bonds. The van der Waals surface area contributed by atoms with E-state index < -0.39 is 0 Å². The Bertz CT molecular complexity index is 897. The summed E-state index contributed by atoms with van der Waals surface area (Å²) in [5.41, 5.74) is 4.87. The van der Waals surface area contributed by atoms with Gasteiger partial charge in [-0.15, -0.1) is 0 Å². The summed E-state index contributed by atoms with van der Waals surface area (Å²) in [5.74, 6) is -0.397. The maximum Gasteiger partial charge on any atom is 0.255 e. The van der Waals surface area contributed by atoms with Gasteiger partial charge in [-0.3, -0.25) is 9.59 Å². The summed E-state index contributed by atoms with van der Waals surface area (Å²) in [6.07, 6.45) is 1.82. The van der Waals surface area contributed by atoms with Crippen molar-refractivity contribution < 1.29 is 9.59 Å². The third-order valence-electron chi connectivity index (χ3n) is 4.60. The van der Waals surface area contributed by atoms with Crippen LogP contribution in [-0.2, 0) is 12.8 Å². The Morgan fingerprint density at radius 2 is 1.04 bits per heavy atom. The number of nitrogens with one attached hydrogen (secondary N) is 2. The van der Waals surface area contributed by atoms with Gasteiger partial charge in [-0.2, -0.15) is 0 Å². The van der Waals surface area contributed by atoms with E-state index in [-0.39, 0.29) is 11.8 Å². The smallest absolute Gasteiger partial charge is 0.255 e.